The van der Waals surface area contributed by atoms with Crippen LogP contribution in [-0.4, -0.2) is 40.8 Å². The summed E-state index contributed by atoms with van der Waals surface area (Å²) in [4.78, 5) is 37.5. The largest absolute Gasteiger partial charge is 0.341 e. The molecule has 1 aromatic rings. The van der Waals surface area contributed by atoms with Crippen LogP contribution in [-0.2, 0) is 4.79 Å². The molecule has 1 atom stereocenters. The third-order valence-electron chi connectivity index (χ3n) is 4.55. The number of nitro groups is 1. The SMILES string of the molecule is CC(C)C(NC(=O)c1ccc([N+](=O)[O-])cc1Cl)C(=O)N1CCCCCC1. The molecule has 0 bridgehead atoms. The molecule has 2 rings (SSSR count). The van der Waals surface area contributed by atoms with Crippen LogP contribution >= 0.6 is 11.6 Å². The molecule has 1 saturated heterocycles. The standard InChI is InChI=1S/C18H24ClN3O4/c1-12(2)16(18(24)21-9-5-3-4-6-10-21)20-17(23)14-8-7-13(22(25)26)11-15(14)19/h7-8,11-12,16H,3-6,9-10H2,1-2H3,(H,20,23). The number of hydrogen-bond donors (Lipinski definition) is 1. The summed E-state index contributed by atoms with van der Waals surface area (Å²) in [7, 11) is 0. The van der Waals surface area contributed by atoms with Gasteiger partial charge in [-0.1, -0.05) is 38.3 Å². The minimum Gasteiger partial charge on any atom is -0.341 e. The van der Waals surface area contributed by atoms with Crippen molar-refractivity contribution in [2.24, 2.45) is 5.92 Å². The van der Waals surface area contributed by atoms with Gasteiger partial charge in [0.25, 0.3) is 11.6 Å². The minimum atomic E-state index is -0.660. The van der Waals surface area contributed by atoms with E-state index in [1.54, 1.807) is 0 Å². The predicted octanol–water partition coefficient (Wildman–Crippen LogP) is 3.41. The number of benzene rings is 1. The van der Waals surface area contributed by atoms with Crippen LogP contribution in [0.3, 0.4) is 0 Å². The van der Waals surface area contributed by atoms with Crippen LogP contribution < -0.4 is 5.32 Å². The Bertz CT molecular complexity index is 685. The Kier molecular flexibility index (Phi) is 6.97. The second-order valence-electron chi connectivity index (χ2n) is 6.86. The van der Waals surface area contributed by atoms with Gasteiger partial charge in [-0.25, -0.2) is 0 Å². The van der Waals surface area contributed by atoms with Crippen molar-refractivity contribution in [2.75, 3.05) is 13.1 Å². The molecule has 0 radical (unpaired) electrons. The highest BCUT2D eigenvalue weighted by atomic mass is 35.5. The van der Waals surface area contributed by atoms with Crippen LogP contribution in [0.25, 0.3) is 0 Å². The topological polar surface area (TPSA) is 92.5 Å². The number of halogens is 1. The molecule has 0 aliphatic carbocycles. The zero-order valence-corrected chi connectivity index (χ0v) is 15.8. The van der Waals surface area contributed by atoms with Gasteiger partial charge in [0.2, 0.25) is 5.91 Å². The van der Waals surface area contributed by atoms with Crippen LogP contribution in [0.4, 0.5) is 5.69 Å². The lowest BCUT2D eigenvalue weighted by Crippen LogP contribution is -2.51. The van der Waals surface area contributed by atoms with Gasteiger partial charge in [0.15, 0.2) is 0 Å². The highest BCUT2D eigenvalue weighted by Crippen LogP contribution is 2.23. The normalized spacial score (nSPS) is 16.1. The third-order valence-corrected chi connectivity index (χ3v) is 4.86. The molecule has 0 saturated carbocycles. The molecular formula is C18H24ClN3O4. The monoisotopic (exact) mass is 381 g/mol. The highest BCUT2D eigenvalue weighted by molar-refractivity contribution is 6.34. The number of amides is 2. The van der Waals surface area contributed by atoms with E-state index in [-0.39, 0.29) is 28.1 Å². The number of hydrogen-bond acceptors (Lipinski definition) is 4. The minimum absolute atomic E-state index is 0.0126. The molecule has 26 heavy (non-hydrogen) atoms. The van der Waals surface area contributed by atoms with E-state index in [0.717, 1.165) is 31.7 Å². The van der Waals surface area contributed by atoms with E-state index < -0.39 is 16.9 Å². The van der Waals surface area contributed by atoms with Crippen LogP contribution in [0, 0.1) is 16.0 Å². The Hall–Kier alpha value is -2.15. The third kappa shape index (κ3) is 4.94. The van der Waals surface area contributed by atoms with Gasteiger partial charge in [-0.05, 0) is 24.8 Å². The van der Waals surface area contributed by atoms with E-state index in [0.29, 0.717) is 13.1 Å². The molecule has 8 heteroatoms. The van der Waals surface area contributed by atoms with E-state index in [9.17, 15) is 19.7 Å². The first-order valence-corrected chi connectivity index (χ1v) is 9.22. The number of carbonyl (C=O) groups is 2. The predicted molar refractivity (Wildman–Crippen MR) is 99.2 cm³/mol. The van der Waals surface area contributed by atoms with E-state index in [2.05, 4.69) is 5.32 Å². The van der Waals surface area contributed by atoms with Gasteiger partial charge in [0.05, 0.1) is 15.5 Å². The molecule has 142 valence electrons. The quantitative estimate of drug-likeness (QED) is 0.624. The summed E-state index contributed by atoms with van der Waals surface area (Å²) in [5.41, 5.74) is -0.0702. The van der Waals surface area contributed by atoms with Crippen LogP contribution in [0.1, 0.15) is 49.9 Å². The van der Waals surface area contributed by atoms with Gasteiger partial charge < -0.3 is 10.2 Å². The second kappa shape index (κ2) is 8.98. The molecule has 1 aliphatic heterocycles. The summed E-state index contributed by atoms with van der Waals surface area (Å²) in [5.74, 6) is -0.688. The smallest absolute Gasteiger partial charge is 0.270 e. The summed E-state index contributed by atoms with van der Waals surface area (Å²) < 4.78 is 0. The van der Waals surface area contributed by atoms with E-state index in [4.69, 9.17) is 11.6 Å². The number of nitro benzene ring substituents is 1. The first-order valence-electron chi connectivity index (χ1n) is 8.85. The van der Waals surface area contributed by atoms with Crippen molar-refractivity contribution in [1.82, 2.24) is 10.2 Å². The van der Waals surface area contributed by atoms with Crippen LogP contribution in [0.15, 0.2) is 18.2 Å². The molecular weight excluding hydrogens is 358 g/mol. The molecule has 0 spiro atoms. The molecule has 1 heterocycles. The van der Waals surface area contributed by atoms with Crippen molar-refractivity contribution < 1.29 is 14.5 Å². The van der Waals surface area contributed by atoms with Crippen molar-refractivity contribution in [1.29, 1.82) is 0 Å². The molecule has 1 unspecified atom stereocenters. The van der Waals surface area contributed by atoms with Crippen LogP contribution in [0.2, 0.25) is 5.02 Å². The molecule has 1 N–H and O–H groups in total. The van der Waals surface area contributed by atoms with Gasteiger partial charge in [-0.3, -0.25) is 19.7 Å². The summed E-state index contributed by atoms with van der Waals surface area (Å²) >= 11 is 6.02. The lowest BCUT2D eigenvalue weighted by molar-refractivity contribution is -0.384. The number of nitrogens with one attached hydrogen (secondary N) is 1. The summed E-state index contributed by atoms with van der Waals surface area (Å²) in [6.45, 7) is 5.16. The molecule has 2 amide bonds. The van der Waals surface area contributed by atoms with Crippen molar-refractivity contribution in [3.8, 4) is 0 Å². The maximum atomic E-state index is 12.9. The Morgan fingerprint density at radius 3 is 2.31 bits per heavy atom. The number of carbonyl (C=O) groups excluding carboxylic acids is 2. The molecule has 7 nitrogen and oxygen atoms in total. The Morgan fingerprint density at radius 2 is 1.81 bits per heavy atom. The second-order valence-corrected chi connectivity index (χ2v) is 7.26. The Labute approximate surface area is 157 Å². The Balaban J connectivity index is 2.15. The highest BCUT2D eigenvalue weighted by Gasteiger charge is 2.30. The van der Waals surface area contributed by atoms with Crippen molar-refractivity contribution in [2.45, 2.75) is 45.6 Å². The zero-order valence-electron chi connectivity index (χ0n) is 15.0. The first-order chi connectivity index (χ1) is 12.3. The van der Waals surface area contributed by atoms with E-state index in [1.807, 2.05) is 18.7 Å². The maximum Gasteiger partial charge on any atom is 0.270 e. The average molecular weight is 382 g/mol. The van der Waals surface area contributed by atoms with Crippen molar-refractivity contribution >= 4 is 29.1 Å². The van der Waals surface area contributed by atoms with Crippen molar-refractivity contribution in [3.63, 3.8) is 0 Å². The summed E-state index contributed by atoms with van der Waals surface area (Å²) in [6, 6.07) is 3.01. The van der Waals surface area contributed by atoms with E-state index in [1.165, 1.54) is 12.1 Å². The number of likely N-dealkylation sites (tertiary alicyclic amines) is 1. The first kappa shape index (κ1) is 20.2. The fourth-order valence-corrected chi connectivity index (χ4v) is 3.28. The van der Waals surface area contributed by atoms with Gasteiger partial charge in [-0.2, -0.15) is 0 Å². The Morgan fingerprint density at radius 1 is 1.19 bits per heavy atom. The average Bonchev–Trinajstić information content (AvgIpc) is 2.87. The summed E-state index contributed by atoms with van der Waals surface area (Å²) in [5, 5.41) is 13.5. The molecule has 1 aromatic carbocycles. The zero-order chi connectivity index (χ0) is 19.3. The van der Waals surface area contributed by atoms with Gasteiger partial charge in [-0.15, -0.1) is 0 Å². The van der Waals surface area contributed by atoms with Gasteiger partial charge in [0.1, 0.15) is 6.04 Å². The maximum absolute atomic E-state index is 12.9. The molecule has 1 aliphatic rings. The van der Waals surface area contributed by atoms with Crippen molar-refractivity contribution in [3.05, 3.63) is 38.9 Å². The number of non-ortho nitro benzene ring substituents is 1. The number of nitrogens with zero attached hydrogens (tertiary/aromatic N) is 2. The summed E-state index contributed by atoms with van der Waals surface area (Å²) in [6.07, 6.45) is 4.17. The fraction of sp³-hybridized carbons (Fsp3) is 0.556. The lowest BCUT2D eigenvalue weighted by atomic mass is 10.0. The molecule has 1 fully saturated rings. The number of rotatable bonds is 5. The lowest BCUT2D eigenvalue weighted by Gasteiger charge is -2.29. The molecule has 0 aromatic heterocycles. The van der Waals surface area contributed by atoms with Crippen LogP contribution in [0.5, 0.6) is 0 Å². The fourth-order valence-electron chi connectivity index (χ4n) is 3.02. The van der Waals surface area contributed by atoms with Gasteiger partial charge >= 0.3 is 0 Å². The van der Waals surface area contributed by atoms with E-state index >= 15 is 0 Å². The van der Waals surface area contributed by atoms with Gasteiger partial charge in [0, 0.05) is 25.2 Å².